The van der Waals surface area contributed by atoms with Crippen molar-refractivity contribution in [1.29, 1.82) is 0 Å². The molecular weight excluding hydrogens is 452 g/mol. The molecule has 2 heterocycles. The number of benzene rings is 1. The molecule has 2 amide bonds. The Labute approximate surface area is 200 Å². The average molecular weight is 485 g/mol. The maximum absolute atomic E-state index is 13.5. The van der Waals surface area contributed by atoms with E-state index in [0.29, 0.717) is 5.69 Å². The second-order valence-corrected chi connectivity index (χ2v) is 12.2. The Morgan fingerprint density at radius 2 is 1.74 bits per heavy atom. The molecule has 1 aliphatic heterocycles. The van der Waals surface area contributed by atoms with Crippen LogP contribution in [0.2, 0.25) is 0 Å². The van der Waals surface area contributed by atoms with Crippen LogP contribution in [-0.4, -0.2) is 55.3 Å². The van der Waals surface area contributed by atoms with E-state index in [9.17, 15) is 13.2 Å². The van der Waals surface area contributed by atoms with E-state index >= 15 is 0 Å². The predicted octanol–water partition coefficient (Wildman–Crippen LogP) is 2.36. The number of aromatic nitrogens is 2. The van der Waals surface area contributed by atoms with Gasteiger partial charge < -0.3 is 10.2 Å². The minimum Gasteiger partial charge on any atom is -0.307 e. The molecule has 6 rings (SSSR count). The summed E-state index contributed by atoms with van der Waals surface area (Å²) in [5.41, 5.74) is 6.45. The monoisotopic (exact) mass is 484 g/mol. The third-order valence-electron chi connectivity index (χ3n) is 8.02. The first kappa shape index (κ1) is 21.9. The van der Waals surface area contributed by atoms with Crippen molar-refractivity contribution in [2.24, 2.45) is 12.5 Å². The van der Waals surface area contributed by atoms with Crippen LogP contribution in [0.5, 0.6) is 0 Å². The van der Waals surface area contributed by atoms with Crippen LogP contribution in [0.3, 0.4) is 0 Å². The fourth-order valence-electron chi connectivity index (χ4n) is 6.80. The molecule has 1 saturated carbocycles. The summed E-state index contributed by atoms with van der Waals surface area (Å²) >= 11 is 0. The van der Waals surface area contributed by atoms with Crippen LogP contribution in [0.4, 0.5) is 16.2 Å². The third kappa shape index (κ3) is 3.58. The molecule has 2 N–H and O–H groups in total. The van der Waals surface area contributed by atoms with E-state index in [1.165, 1.54) is 26.6 Å². The highest BCUT2D eigenvalue weighted by Crippen LogP contribution is 2.51. The van der Waals surface area contributed by atoms with Crippen LogP contribution in [0, 0.1) is 5.41 Å². The fourth-order valence-corrected chi connectivity index (χ4v) is 8.10. The van der Waals surface area contributed by atoms with Gasteiger partial charge in [-0.15, -0.1) is 0 Å². The van der Waals surface area contributed by atoms with E-state index in [4.69, 9.17) is 0 Å². The van der Waals surface area contributed by atoms with Crippen LogP contribution in [0.15, 0.2) is 18.5 Å². The number of carbonyl (C=O) groups is 1. The molecule has 1 saturated heterocycles. The Morgan fingerprint density at radius 1 is 1.09 bits per heavy atom. The van der Waals surface area contributed by atoms with E-state index in [1.54, 1.807) is 24.1 Å². The van der Waals surface area contributed by atoms with E-state index in [1.807, 2.05) is 0 Å². The number of hydrogen-bond acceptors (Lipinski definition) is 5. The number of amides is 2. The molecule has 10 heteroatoms. The van der Waals surface area contributed by atoms with Gasteiger partial charge >= 0.3 is 16.2 Å². The third-order valence-corrected chi connectivity index (χ3v) is 9.49. The van der Waals surface area contributed by atoms with Gasteiger partial charge in [-0.1, -0.05) is 6.07 Å². The molecule has 34 heavy (non-hydrogen) atoms. The highest BCUT2D eigenvalue weighted by atomic mass is 32.2. The molecule has 0 unspecified atom stereocenters. The Bertz CT molecular complexity index is 1220. The standard InChI is InChI=1S/C24H32N6O3S/c1-28-14-24(15-28)10-18(11-24)30(19-12-25-29(2)13-19)34(32,33)27-23(31)26-22-20-7-3-5-16(20)9-17-6-4-8-21(17)22/h9,12-13,18H,3-8,10-11,14-15H2,1-2H3,(H2,26,27,31). The summed E-state index contributed by atoms with van der Waals surface area (Å²) in [6.45, 7) is 1.98. The molecular formula is C24H32N6O3S. The topological polar surface area (TPSA) is 99.6 Å². The van der Waals surface area contributed by atoms with Gasteiger partial charge in [-0.2, -0.15) is 13.5 Å². The van der Waals surface area contributed by atoms with Crippen molar-refractivity contribution < 1.29 is 13.2 Å². The van der Waals surface area contributed by atoms with Gasteiger partial charge in [-0.25, -0.2) is 13.8 Å². The van der Waals surface area contributed by atoms with Crippen LogP contribution >= 0.6 is 0 Å². The molecule has 2 aromatic rings. The number of likely N-dealkylation sites (tertiary alicyclic amines) is 1. The second-order valence-electron chi connectivity index (χ2n) is 10.7. The lowest BCUT2D eigenvalue weighted by Crippen LogP contribution is -2.67. The van der Waals surface area contributed by atoms with Gasteiger partial charge in [-0.05, 0) is 86.1 Å². The van der Waals surface area contributed by atoms with Gasteiger partial charge in [0.25, 0.3) is 0 Å². The van der Waals surface area contributed by atoms with E-state index in [0.717, 1.165) is 70.1 Å². The fraction of sp³-hybridized carbons (Fsp3) is 0.583. The molecule has 2 fully saturated rings. The number of anilines is 2. The Balaban J connectivity index is 1.24. The maximum atomic E-state index is 13.5. The van der Waals surface area contributed by atoms with Crippen LogP contribution in [-0.2, 0) is 42.9 Å². The molecule has 4 aliphatic rings. The zero-order valence-corrected chi connectivity index (χ0v) is 20.6. The van der Waals surface area contributed by atoms with Gasteiger partial charge in [0.05, 0.1) is 11.9 Å². The Hall–Kier alpha value is -2.59. The van der Waals surface area contributed by atoms with E-state index in [2.05, 4.69) is 33.2 Å². The largest absolute Gasteiger partial charge is 0.334 e. The molecule has 0 bridgehead atoms. The predicted molar refractivity (Wildman–Crippen MR) is 130 cm³/mol. The number of fused-ring (bicyclic) bond motifs is 2. The van der Waals surface area contributed by atoms with Crippen molar-refractivity contribution in [3.63, 3.8) is 0 Å². The quantitative estimate of drug-likeness (QED) is 0.679. The minimum absolute atomic E-state index is 0.187. The lowest BCUT2D eigenvalue weighted by atomic mass is 9.61. The summed E-state index contributed by atoms with van der Waals surface area (Å²) < 4.78 is 32.3. The van der Waals surface area contributed by atoms with Crippen LogP contribution < -0.4 is 14.3 Å². The number of nitrogens with one attached hydrogen (secondary N) is 2. The molecule has 9 nitrogen and oxygen atoms in total. The van der Waals surface area contributed by atoms with Crippen molar-refractivity contribution in [2.45, 2.75) is 57.4 Å². The molecule has 1 aromatic heterocycles. The number of carbonyl (C=O) groups excluding carboxylic acids is 1. The van der Waals surface area contributed by atoms with Gasteiger partial charge in [0.15, 0.2) is 0 Å². The normalized spacial score (nSPS) is 21.0. The van der Waals surface area contributed by atoms with Crippen LogP contribution in [0.25, 0.3) is 0 Å². The summed E-state index contributed by atoms with van der Waals surface area (Å²) in [7, 11) is -0.275. The lowest BCUT2D eigenvalue weighted by molar-refractivity contribution is -0.0546. The van der Waals surface area contributed by atoms with Crippen molar-refractivity contribution in [2.75, 3.05) is 29.8 Å². The molecule has 3 aliphatic carbocycles. The average Bonchev–Trinajstić information content (AvgIpc) is 3.45. The number of urea groups is 1. The van der Waals surface area contributed by atoms with Crippen molar-refractivity contribution in [3.05, 3.63) is 40.7 Å². The first-order valence-corrected chi connectivity index (χ1v) is 13.6. The SMILES string of the molecule is CN1CC2(CC(N(c3cnn(C)c3)S(=O)(=O)NC(=O)Nc3c4c(cc5c3CCC5)CCC4)C2)C1. The van der Waals surface area contributed by atoms with Crippen molar-refractivity contribution >= 4 is 27.6 Å². The molecule has 0 radical (unpaired) electrons. The summed E-state index contributed by atoms with van der Waals surface area (Å²) in [5, 5.41) is 7.12. The number of aryl methyl sites for hydroxylation is 3. The second kappa shape index (κ2) is 7.71. The maximum Gasteiger partial charge on any atom is 0.334 e. The zero-order valence-electron chi connectivity index (χ0n) is 19.8. The van der Waals surface area contributed by atoms with E-state index < -0.39 is 16.2 Å². The Morgan fingerprint density at radius 3 is 2.29 bits per heavy atom. The van der Waals surface area contributed by atoms with Crippen molar-refractivity contribution in [3.8, 4) is 0 Å². The molecule has 1 spiro atoms. The molecule has 182 valence electrons. The smallest absolute Gasteiger partial charge is 0.307 e. The number of rotatable bonds is 5. The Kier molecular flexibility index (Phi) is 4.97. The van der Waals surface area contributed by atoms with Gasteiger partial charge in [0.2, 0.25) is 0 Å². The van der Waals surface area contributed by atoms with E-state index in [-0.39, 0.29) is 11.5 Å². The van der Waals surface area contributed by atoms with Gasteiger partial charge in [0.1, 0.15) is 0 Å². The molecule has 0 atom stereocenters. The number of nitrogens with zero attached hydrogens (tertiary/aromatic N) is 4. The highest BCUT2D eigenvalue weighted by molar-refractivity contribution is 7.91. The lowest BCUT2D eigenvalue weighted by Gasteiger charge is -2.59. The summed E-state index contributed by atoms with van der Waals surface area (Å²) in [4.78, 5) is 15.3. The van der Waals surface area contributed by atoms with Gasteiger partial charge in [-0.3, -0.25) is 4.68 Å². The summed E-state index contributed by atoms with van der Waals surface area (Å²) in [6, 6.07) is 1.41. The highest BCUT2D eigenvalue weighted by Gasteiger charge is 2.55. The summed E-state index contributed by atoms with van der Waals surface area (Å²) in [6.07, 6.45) is 10.8. The zero-order chi connectivity index (χ0) is 23.7. The van der Waals surface area contributed by atoms with Crippen LogP contribution in [0.1, 0.15) is 47.9 Å². The summed E-state index contributed by atoms with van der Waals surface area (Å²) in [5.74, 6) is 0. The first-order valence-electron chi connectivity index (χ1n) is 12.2. The number of hydrogen-bond donors (Lipinski definition) is 2. The molecule has 1 aromatic carbocycles. The first-order chi connectivity index (χ1) is 16.2. The van der Waals surface area contributed by atoms with Gasteiger partial charge in [0, 0.05) is 38.1 Å². The van der Waals surface area contributed by atoms with Crippen molar-refractivity contribution in [1.82, 2.24) is 19.4 Å². The minimum atomic E-state index is -4.11.